The summed E-state index contributed by atoms with van der Waals surface area (Å²) in [5.74, 6) is 1.30. The molecule has 0 aromatic heterocycles. The van der Waals surface area contributed by atoms with Crippen LogP contribution in [-0.2, 0) is 4.79 Å². The van der Waals surface area contributed by atoms with Gasteiger partial charge in [-0.15, -0.1) is 12.4 Å². The Labute approximate surface area is 139 Å². The first kappa shape index (κ1) is 18.8. The number of nitrogens with two attached hydrogens (primary N) is 1. The van der Waals surface area contributed by atoms with E-state index in [1.807, 2.05) is 26.0 Å². The van der Waals surface area contributed by atoms with Crippen molar-refractivity contribution in [1.29, 1.82) is 0 Å². The predicted molar refractivity (Wildman–Crippen MR) is 91.6 cm³/mol. The van der Waals surface area contributed by atoms with Crippen LogP contribution in [0.1, 0.15) is 36.8 Å². The Kier molecular flexibility index (Phi) is 7.69. The van der Waals surface area contributed by atoms with E-state index in [1.165, 1.54) is 11.1 Å². The monoisotopic (exact) mass is 326 g/mol. The van der Waals surface area contributed by atoms with Gasteiger partial charge in [-0.2, -0.15) is 0 Å². The van der Waals surface area contributed by atoms with Crippen LogP contribution in [0, 0.1) is 19.8 Å². The van der Waals surface area contributed by atoms with Gasteiger partial charge in [-0.1, -0.05) is 12.5 Å². The molecule has 0 unspecified atom stereocenters. The van der Waals surface area contributed by atoms with Crippen molar-refractivity contribution in [1.82, 2.24) is 5.32 Å². The Hall–Kier alpha value is -1.26. The van der Waals surface area contributed by atoms with Gasteiger partial charge in [0.05, 0.1) is 6.54 Å². The van der Waals surface area contributed by atoms with Crippen LogP contribution in [0.15, 0.2) is 18.2 Å². The van der Waals surface area contributed by atoms with Crippen LogP contribution in [0.5, 0.6) is 5.75 Å². The molecule has 1 fully saturated rings. The average molecular weight is 327 g/mol. The zero-order valence-corrected chi connectivity index (χ0v) is 14.2. The smallest absolute Gasteiger partial charge is 0.220 e. The Bertz CT molecular complexity index is 473. The number of hydrogen-bond acceptors (Lipinski definition) is 3. The fourth-order valence-electron chi connectivity index (χ4n) is 3.00. The Morgan fingerprint density at radius 2 is 1.95 bits per heavy atom. The van der Waals surface area contributed by atoms with Crippen molar-refractivity contribution in [3.8, 4) is 5.75 Å². The summed E-state index contributed by atoms with van der Waals surface area (Å²) < 4.78 is 5.67. The largest absolute Gasteiger partial charge is 0.492 e. The normalized spacial score (nSPS) is 20.3. The molecule has 22 heavy (non-hydrogen) atoms. The minimum atomic E-state index is 0. The van der Waals surface area contributed by atoms with Gasteiger partial charge in [0, 0.05) is 12.5 Å². The maximum absolute atomic E-state index is 11.8. The summed E-state index contributed by atoms with van der Waals surface area (Å²) >= 11 is 0. The van der Waals surface area contributed by atoms with Gasteiger partial charge in [0.1, 0.15) is 12.4 Å². The van der Waals surface area contributed by atoms with Gasteiger partial charge in [0.15, 0.2) is 0 Å². The predicted octanol–water partition coefficient (Wildman–Crippen LogP) is 2.74. The van der Waals surface area contributed by atoms with Crippen molar-refractivity contribution in [2.45, 2.75) is 45.6 Å². The van der Waals surface area contributed by atoms with Crippen LogP contribution in [-0.4, -0.2) is 25.1 Å². The Morgan fingerprint density at radius 3 is 2.55 bits per heavy atom. The van der Waals surface area contributed by atoms with E-state index in [2.05, 4.69) is 11.4 Å². The molecule has 0 aliphatic heterocycles. The molecule has 3 N–H and O–H groups in total. The summed E-state index contributed by atoms with van der Waals surface area (Å²) in [6.45, 7) is 5.12. The highest BCUT2D eigenvalue weighted by Gasteiger charge is 2.25. The van der Waals surface area contributed by atoms with E-state index in [-0.39, 0.29) is 24.4 Å². The number of rotatable bonds is 6. The standard InChI is InChI=1S/C17H26N2O2.ClH/c1-12-8-13(2)10-15(9-12)21-7-6-19-17(20)11-14-4-3-5-16(14)18;/h8-10,14,16H,3-7,11,18H2,1-2H3,(H,19,20);1H/t14-,16+;/m0./s1. The molecule has 2 rings (SSSR count). The van der Waals surface area contributed by atoms with Gasteiger partial charge in [-0.25, -0.2) is 0 Å². The molecular weight excluding hydrogens is 300 g/mol. The van der Waals surface area contributed by atoms with Gasteiger partial charge in [-0.05, 0) is 55.9 Å². The fraction of sp³-hybridized carbons (Fsp3) is 0.588. The molecule has 1 amide bonds. The van der Waals surface area contributed by atoms with Crippen LogP contribution in [0.4, 0.5) is 0 Å². The Balaban J connectivity index is 0.00000242. The van der Waals surface area contributed by atoms with Crippen LogP contribution >= 0.6 is 12.4 Å². The fourth-order valence-corrected chi connectivity index (χ4v) is 3.00. The van der Waals surface area contributed by atoms with Crippen molar-refractivity contribution >= 4 is 18.3 Å². The molecule has 1 aliphatic rings. The molecule has 0 radical (unpaired) electrons. The van der Waals surface area contributed by atoms with Crippen LogP contribution in [0.25, 0.3) is 0 Å². The minimum Gasteiger partial charge on any atom is -0.492 e. The second kappa shape index (κ2) is 9.01. The first-order valence-electron chi connectivity index (χ1n) is 7.78. The molecule has 0 saturated heterocycles. The third kappa shape index (κ3) is 5.85. The number of carbonyl (C=O) groups is 1. The second-order valence-corrected chi connectivity index (χ2v) is 6.08. The summed E-state index contributed by atoms with van der Waals surface area (Å²) in [5.41, 5.74) is 8.35. The second-order valence-electron chi connectivity index (χ2n) is 6.08. The number of ether oxygens (including phenoxy) is 1. The lowest BCUT2D eigenvalue weighted by Gasteiger charge is -2.15. The molecule has 1 aromatic rings. The molecule has 0 bridgehead atoms. The SMILES string of the molecule is Cc1cc(C)cc(OCCNC(=O)C[C@@H]2CCC[C@H]2N)c1.Cl. The molecule has 0 spiro atoms. The molecule has 1 saturated carbocycles. The van der Waals surface area contributed by atoms with E-state index in [0.29, 0.717) is 25.5 Å². The van der Waals surface area contributed by atoms with E-state index in [0.717, 1.165) is 25.0 Å². The van der Waals surface area contributed by atoms with E-state index < -0.39 is 0 Å². The van der Waals surface area contributed by atoms with E-state index in [9.17, 15) is 4.79 Å². The third-order valence-corrected chi connectivity index (χ3v) is 4.05. The quantitative estimate of drug-likeness (QED) is 0.790. The lowest BCUT2D eigenvalue weighted by molar-refractivity contribution is -0.122. The zero-order chi connectivity index (χ0) is 15.2. The van der Waals surface area contributed by atoms with Crippen molar-refractivity contribution in [2.75, 3.05) is 13.2 Å². The van der Waals surface area contributed by atoms with E-state index in [1.54, 1.807) is 0 Å². The summed E-state index contributed by atoms with van der Waals surface area (Å²) in [6, 6.07) is 6.32. The van der Waals surface area contributed by atoms with Crippen molar-refractivity contribution in [2.24, 2.45) is 11.7 Å². The first-order valence-corrected chi connectivity index (χ1v) is 7.78. The number of nitrogens with one attached hydrogen (secondary N) is 1. The molecule has 0 heterocycles. The van der Waals surface area contributed by atoms with Gasteiger partial charge < -0.3 is 15.8 Å². The highest BCUT2D eigenvalue weighted by atomic mass is 35.5. The highest BCUT2D eigenvalue weighted by Crippen LogP contribution is 2.26. The number of carbonyl (C=O) groups excluding carboxylic acids is 1. The molecule has 5 heteroatoms. The minimum absolute atomic E-state index is 0. The summed E-state index contributed by atoms with van der Waals surface area (Å²) in [7, 11) is 0. The number of halogens is 1. The van der Waals surface area contributed by atoms with Crippen LogP contribution < -0.4 is 15.8 Å². The van der Waals surface area contributed by atoms with Crippen LogP contribution in [0.3, 0.4) is 0 Å². The highest BCUT2D eigenvalue weighted by molar-refractivity contribution is 5.85. The number of benzene rings is 1. The van der Waals surface area contributed by atoms with Gasteiger partial charge in [-0.3, -0.25) is 4.79 Å². The number of aryl methyl sites for hydroxylation is 2. The van der Waals surface area contributed by atoms with Crippen molar-refractivity contribution < 1.29 is 9.53 Å². The van der Waals surface area contributed by atoms with Gasteiger partial charge in [0.2, 0.25) is 5.91 Å². The van der Waals surface area contributed by atoms with Crippen LogP contribution in [0.2, 0.25) is 0 Å². The first-order chi connectivity index (χ1) is 10.0. The van der Waals surface area contributed by atoms with E-state index >= 15 is 0 Å². The summed E-state index contributed by atoms with van der Waals surface area (Å²) in [5, 5.41) is 2.91. The molecular formula is C17H27ClN2O2. The number of hydrogen-bond donors (Lipinski definition) is 2. The average Bonchev–Trinajstić information content (AvgIpc) is 2.79. The summed E-state index contributed by atoms with van der Waals surface area (Å²) in [4.78, 5) is 11.8. The topological polar surface area (TPSA) is 64.3 Å². The number of amides is 1. The third-order valence-electron chi connectivity index (χ3n) is 4.05. The lowest BCUT2D eigenvalue weighted by Crippen LogP contribution is -2.33. The molecule has 1 aliphatic carbocycles. The Morgan fingerprint density at radius 1 is 1.27 bits per heavy atom. The van der Waals surface area contributed by atoms with Gasteiger partial charge >= 0.3 is 0 Å². The maximum Gasteiger partial charge on any atom is 0.220 e. The maximum atomic E-state index is 11.8. The van der Waals surface area contributed by atoms with Gasteiger partial charge in [0.25, 0.3) is 0 Å². The zero-order valence-electron chi connectivity index (χ0n) is 13.4. The van der Waals surface area contributed by atoms with Crippen molar-refractivity contribution in [3.63, 3.8) is 0 Å². The lowest BCUT2D eigenvalue weighted by atomic mass is 10.00. The molecule has 1 aromatic carbocycles. The molecule has 124 valence electrons. The van der Waals surface area contributed by atoms with Crippen molar-refractivity contribution in [3.05, 3.63) is 29.3 Å². The summed E-state index contributed by atoms with van der Waals surface area (Å²) in [6.07, 6.45) is 3.82. The van der Waals surface area contributed by atoms with E-state index in [4.69, 9.17) is 10.5 Å². The molecule has 4 nitrogen and oxygen atoms in total. The molecule has 2 atom stereocenters.